The Bertz CT molecular complexity index is 1060. The molecule has 0 aromatic rings. The van der Waals surface area contributed by atoms with Crippen LogP contribution in [0.3, 0.4) is 0 Å². The quantitative estimate of drug-likeness (QED) is 0.0412. The number of hydrogen-bond donors (Lipinski definition) is 9. The second-order valence-electron chi connectivity index (χ2n) is 14.4. The number of carbonyl (C=O) groups is 1. The van der Waals surface area contributed by atoms with E-state index >= 15 is 0 Å². The summed E-state index contributed by atoms with van der Waals surface area (Å²) in [5.74, 6) is -0.264. The van der Waals surface area contributed by atoms with Crippen LogP contribution in [-0.4, -0.2) is 140 Å². The number of hydrogen-bond acceptors (Lipinski definition) is 13. The van der Waals surface area contributed by atoms with Gasteiger partial charge in [0.15, 0.2) is 12.6 Å². The maximum absolute atomic E-state index is 13.0. The SMILES string of the molecule is CCCC/C=C/CC/C=C/CC/C=C/C(O)C(COC1OC(CO)C(OC2OC(CO)C(O)C(O)C2O)C(O)C1O)NC(=O)CCCCCCCCCC. The average molecular weight is 774 g/mol. The van der Waals surface area contributed by atoms with E-state index in [4.69, 9.17) is 18.9 Å². The second kappa shape index (κ2) is 28.6. The van der Waals surface area contributed by atoms with Gasteiger partial charge in [0.1, 0.15) is 48.8 Å². The van der Waals surface area contributed by atoms with Gasteiger partial charge in [-0.2, -0.15) is 0 Å². The molecule has 0 radical (unpaired) electrons. The van der Waals surface area contributed by atoms with E-state index in [-0.39, 0.29) is 18.9 Å². The molecule has 2 aliphatic heterocycles. The lowest BCUT2D eigenvalue weighted by Gasteiger charge is -2.46. The molecular formula is C40H71NO13. The molecule has 0 aromatic carbocycles. The van der Waals surface area contributed by atoms with E-state index in [1.54, 1.807) is 6.08 Å². The predicted octanol–water partition coefficient (Wildman–Crippen LogP) is 2.42. The molecule has 9 N–H and O–H groups in total. The molecule has 14 heteroatoms. The van der Waals surface area contributed by atoms with Gasteiger partial charge in [0.2, 0.25) is 5.91 Å². The van der Waals surface area contributed by atoms with Crippen LogP contribution in [0.25, 0.3) is 0 Å². The van der Waals surface area contributed by atoms with Crippen molar-refractivity contribution >= 4 is 5.91 Å². The third-order valence-electron chi connectivity index (χ3n) is 9.81. The molecule has 54 heavy (non-hydrogen) atoms. The van der Waals surface area contributed by atoms with Crippen LogP contribution in [0.1, 0.15) is 117 Å². The number of unbranched alkanes of at least 4 members (excludes halogenated alkanes) is 11. The fourth-order valence-electron chi connectivity index (χ4n) is 6.36. The third kappa shape index (κ3) is 17.6. The topological polar surface area (TPSA) is 228 Å². The lowest BCUT2D eigenvalue weighted by Crippen LogP contribution is -2.65. The first-order valence-corrected chi connectivity index (χ1v) is 20.2. The van der Waals surface area contributed by atoms with Gasteiger partial charge in [-0.25, -0.2) is 0 Å². The molecule has 12 atom stereocenters. The normalized spacial score (nSPS) is 30.4. The van der Waals surface area contributed by atoms with Gasteiger partial charge in [-0.05, 0) is 38.5 Å². The van der Waals surface area contributed by atoms with Crippen molar-refractivity contribution in [2.75, 3.05) is 19.8 Å². The Morgan fingerprint density at radius 3 is 1.80 bits per heavy atom. The van der Waals surface area contributed by atoms with Crippen LogP contribution in [-0.2, 0) is 23.7 Å². The van der Waals surface area contributed by atoms with Gasteiger partial charge >= 0.3 is 0 Å². The van der Waals surface area contributed by atoms with Gasteiger partial charge in [0.25, 0.3) is 0 Å². The smallest absolute Gasteiger partial charge is 0.220 e. The molecule has 2 rings (SSSR count). The number of rotatable bonds is 28. The molecule has 0 aliphatic carbocycles. The standard InChI is InChI=1S/C40H71NO13/c1-3-5-7-9-11-13-14-15-16-17-19-21-23-29(44)28(41-32(45)24-22-20-18-12-10-8-6-4-2)27-51-39-37(50)35(48)38(31(26-43)53-39)54-40-36(49)34(47)33(46)30(25-42)52-40/h9,11,15-16,21,23,28-31,33-40,42-44,46-50H,3-8,10,12-14,17-20,22,24-27H2,1-2H3,(H,41,45)/b11-9+,16-15+,23-21+. The Balaban J connectivity index is 1.99. The molecule has 1 amide bonds. The molecule has 14 nitrogen and oxygen atoms in total. The summed E-state index contributed by atoms with van der Waals surface area (Å²) in [5.41, 5.74) is 0. The van der Waals surface area contributed by atoms with Crippen molar-refractivity contribution in [1.82, 2.24) is 5.32 Å². The number of carbonyl (C=O) groups excluding carboxylic acids is 1. The molecule has 2 saturated heterocycles. The highest BCUT2D eigenvalue weighted by Gasteiger charge is 2.50. The molecule has 2 fully saturated rings. The first-order chi connectivity index (χ1) is 26.1. The summed E-state index contributed by atoms with van der Waals surface area (Å²) >= 11 is 0. The van der Waals surface area contributed by atoms with Crippen LogP contribution in [0.15, 0.2) is 36.5 Å². The number of amides is 1. The lowest BCUT2D eigenvalue weighted by atomic mass is 9.97. The van der Waals surface area contributed by atoms with Crippen LogP contribution in [0.2, 0.25) is 0 Å². The summed E-state index contributed by atoms with van der Waals surface area (Å²) < 4.78 is 22.5. The van der Waals surface area contributed by atoms with Crippen LogP contribution in [0, 0.1) is 0 Å². The zero-order valence-electron chi connectivity index (χ0n) is 32.4. The first-order valence-electron chi connectivity index (χ1n) is 20.2. The summed E-state index contributed by atoms with van der Waals surface area (Å²) in [6.07, 6.45) is 10.8. The monoisotopic (exact) mass is 773 g/mol. The van der Waals surface area contributed by atoms with Crippen molar-refractivity contribution < 1.29 is 64.6 Å². The minimum atomic E-state index is -1.79. The van der Waals surface area contributed by atoms with E-state index in [0.717, 1.165) is 44.9 Å². The van der Waals surface area contributed by atoms with Gasteiger partial charge in [-0.15, -0.1) is 0 Å². The fourth-order valence-corrected chi connectivity index (χ4v) is 6.36. The molecule has 0 bridgehead atoms. The number of ether oxygens (including phenoxy) is 4. The Labute approximate surface area is 321 Å². The summed E-state index contributed by atoms with van der Waals surface area (Å²) in [4.78, 5) is 13.0. The molecule has 314 valence electrons. The van der Waals surface area contributed by atoms with Crippen molar-refractivity contribution in [3.63, 3.8) is 0 Å². The zero-order valence-corrected chi connectivity index (χ0v) is 32.4. The van der Waals surface area contributed by atoms with Crippen molar-refractivity contribution in [2.24, 2.45) is 0 Å². The van der Waals surface area contributed by atoms with E-state index in [0.29, 0.717) is 12.8 Å². The zero-order chi connectivity index (χ0) is 39.7. The van der Waals surface area contributed by atoms with E-state index in [1.165, 1.54) is 38.5 Å². The molecule has 2 heterocycles. The maximum atomic E-state index is 13.0. The number of nitrogens with one attached hydrogen (secondary N) is 1. The lowest BCUT2D eigenvalue weighted by molar-refractivity contribution is -0.359. The highest BCUT2D eigenvalue weighted by Crippen LogP contribution is 2.29. The number of allylic oxidation sites excluding steroid dienone is 5. The Morgan fingerprint density at radius 1 is 0.648 bits per heavy atom. The summed E-state index contributed by atoms with van der Waals surface area (Å²) in [6, 6.07) is -0.929. The van der Waals surface area contributed by atoms with Crippen molar-refractivity contribution in [3.8, 4) is 0 Å². The minimum absolute atomic E-state index is 0.264. The number of aliphatic hydroxyl groups is 8. The van der Waals surface area contributed by atoms with Gasteiger partial charge in [-0.3, -0.25) is 4.79 Å². The minimum Gasteiger partial charge on any atom is -0.394 e. The molecule has 0 spiro atoms. The van der Waals surface area contributed by atoms with Gasteiger partial charge in [-0.1, -0.05) is 108 Å². The van der Waals surface area contributed by atoms with E-state index in [1.807, 2.05) is 6.08 Å². The Kier molecular flexibility index (Phi) is 25.6. The van der Waals surface area contributed by atoms with E-state index in [2.05, 4.69) is 43.5 Å². The molecule has 2 aliphatic rings. The number of aliphatic hydroxyl groups excluding tert-OH is 8. The predicted molar refractivity (Wildman–Crippen MR) is 203 cm³/mol. The van der Waals surface area contributed by atoms with Crippen molar-refractivity contribution in [2.45, 2.75) is 190 Å². The largest absolute Gasteiger partial charge is 0.394 e. The highest BCUT2D eigenvalue weighted by atomic mass is 16.7. The summed E-state index contributed by atoms with van der Waals surface area (Å²) in [7, 11) is 0. The maximum Gasteiger partial charge on any atom is 0.220 e. The van der Waals surface area contributed by atoms with Gasteiger partial charge in [0.05, 0.1) is 32.0 Å². The van der Waals surface area contributed by atoms with Crippen LogP contribution < -0.4 is 5.32 Å². The summed E-state index contributed by atoms with van der Waals surface area (Å²) in [6.45, 7) is 2.62. The van der Waals surface area contributed by atoms with Crippen molar-refractivity contribution in [3.05, 3.63) is 36.5 Å². The van der Waals surface area contributed by atoms with Gasteiger partial charge in [0, 0.05) is 6.42 Å². The average Bonchev–Trinajstić information content (AvgIpc) is 3.17. The molecule has 0 aromatic heterocycles. The van der Waals surface area contributed by atoms with Crippen LogP contribution >= 0.6 is 0 Å². The van der Waals surface area contributed by atoms with Crippen LogP contribution in [0.4, 0.5) is 0 Å². The first kappa shape index (κ1) is 48.4. The van der Waals surface area contributed by atoms with E-state index < -0.39 is 86.8 Å². The molecule has 12 unspecified atom stereocenters. The molecule has 0 saturated carbocycles. The third-order valence-corrected chi connectivity index (χ3v) is 9.81. The van der Waals surface area contributed by atoms with E-state index in [9.17, 15) is 45.6 Å². The molecular weight excluding hydrogens is 702 g/mol. The second-order valence-corrected chi connectivity index (χ2v) is 14.4. The fraction of sp³-hybridized carbons (Fsp3) is 0.825. The van der Waals surface area contributed by atoms with Crippen molar-refractivity contribution in [1.29, 1.82) is 0 Å². The highest BCUT2D eigenvalue weighted by molar-refractivity contribution is 5.76. The van der Waals surface area contributed by atoms with Gasteiger partial charge < -0.3 is 65.1 Å². The van der Waals surface area contributed by atoms with Crippen LogP contribution in [0.5, 0.6) is 0 Å². The summed E-state index contributed by atoms with van der Waals surface area (Å²) in [5, 5.41) is 86.0. The Hall–Kier alpha value is -1.79. The Morgan fingerprint density at radius 2 is 1.19 bits per heavy atom.